The molecule has 7 heteroatoms. The molecule has 0 aliphatic carbocycles. The molecule has 1 atom stereocenters. The van der Waals surface area contributed by atoms with Gasteiger partial charge in [0.15, 0.2) is 0 Å². The molecule has 1 rings (SSSR count). The van der Waals surface area contributed by atoms with Gasteiger partial charge in [0.2, 0.25) is 10.0 Å². The Labute approximate surface area is 132 Å². The van der Waals surface area contributed by atoms with Crippen molar-refractivity contribution in [1.82, 2.24) is 14.6 Å². The summed E-state index contributed by atoms with van der Waals surface area (Å²) >= 11 is 1.73. The summed E-state index contributed by atoms with van der Waals surface area (Å²) in [5, 5.41) is 3.23. The van der Waals surface area contributed by atoms with Gasteiger partial charge in [0.05, 0.1) is 4.90 Å². The maximum atomic E-state index is 12.4. The maximum absolute atomic E-state index is 12.4. The van der Waals surface area contributed by atoms with E-state index in [9.17, 15) is 8.42 Å². The van der Waals surface area contributed by atoms with Crippen LogP contribution in [0.4, 0.5) is 0 Å². The molecule has 1 aromatic heterocycles. The minimum atomic E-state index is -3.44. The summed E-state index contributed by atoms with van der Waals surface area (Å²) in [7, 11) is -3.44. The molecule has 0 fully saturated rings. The van der Waals surface area contributed by atoms with Crippen LogP contribution in [-0.4, -0.2) is 37.1 Å². The maximum Gasteiger partial charge on any atom is 0.242 e. The Morgan fingerprint density at radius 1 is 1.33 bits per heavy atom. The highest BCUT2D eigenvalue weighted by molar-refractivity contribution is 7.99. The van der Waals surface area contributed by atoms with E-state index in [1.807, 2.05) is 25.3 Å². The molecule has 0 aliphatic rings. The average molecular weight is 334 g/mol. The van der Waals surface area contributed by atoms with Gasteiger partial charge in [-0.2, -0.15) is 11.8 Å². The second kappa shape index (κ2) is 8.82. The molecule has 1 unspecified atom stereocenters. The molecule has 0 bridgehead atoms. The lowest BCUT2D eigenvalue weighted by molar-refractivity contribution is 0.570. The summed E-state index contributed by atoms with van der Waals surface area (Å²) in [5.74, 6) is 1.78. The Hall–Kier alpha value is -0.500. The average Bonchev–Trinajstić information content (AvgIpc) is 2.86. The molecule has 5 nitrogen and oxygen atoms in total. The third-order valence-electron chi connectivity index (χ3n) is 3.10. The number of aromatic nitrogens is 1. The molecule has 0 aliphatic heterocycles. The van der Waals surface area contributed by atoms with Crippen LogP contribution in [0.1, 0.15) is 33.4 Å². The normalized spacial score (nSPS) is 13.5. The van der Waals surface area contributed by atoms with E-state index in [2.05, 4.69) is 17.0 Å². The number of hydrogen-bond donors (Lipinski definition) is 2. The second-order valence-corrected chi connectivity index (χ2v) is 7.95. The summed E-state index contributed by atoms with van der Waals surface area (Å²) in [6.45, 7) is 10.3. The summed E-state index contributed by atoms with van der Waals surface area (Å²) in [4.78, 5) is 0.352. The fourth-order valence-corrected chi connectivity index (χ4v) is 4.11. The van der Waals surface area contributed by atoms with Crippen molar-refractivity contribution >= 4 is 21.8 Å². The Kier molecular flexibility index (Phi) is 7.79. The second-order valence-electron chi connectivity index (χ2n) is 4.92. The van der Waals surface area contributed by atoms with Gasteiger partial charge in [0.1, 0.15) is 0 Å². The van der Waals surface area contributed by atoms with E-state index in [1.54, 1.807) is 24.0 Å². The first-order chi connectivity index (χ1) is 9.94. The number of sulfonamides is 1. The third-order valence-corrected chi connectivity index (χ3v) is 5.80. The molecular formula is C14H27N3O2S2. The molecular weight excluding hydrogens is 306 g/mol. The zero-order chi connectivity index (χ0) is 15.9. The van der Waals surface area contributed by atoms with E-state index in [4.69, 9.17) is 0 Å². The summed E-state index contributed by atoms with van der Waals surface area (Å²) in [5.41, 5.74) is 0.996. The Morgan fingerprint density at radius 2 is 2.05 bits per heavy atom. The lowest BCUT2D eigenvalue weighted by Crippen LogP contribution is -2.34. The first kappa shape index (κ1) is 18.5. The van der Waals surface area contributed by atoms with Gasteiger partial charge < -0.3 is 9.88 Å². The highest BCUT2D eigenvalue weighted by atomic mass is 32.2. The van der Waals surface area contributed by atoms with E-state index < -0.39 is 10.0 Å². The van der Waals surface area contributed by atoms with Crippen molar-refractivity contribution in [2.24, 2.45) is 0 Å². The van der Waals surface area contributed by atoms with Crippen LogP contribution in [-0.2, 0) is 23.1 Å². The zero-order valence-corrected chi connectivity index (χ0v) is 15.0. The number of aryl methyl sites for hydroxylation is 1. The molecule has 0 saturated carbocycles. The molecule has 1 aromatic rings. The lowest BCUT2D eigenvalue weighted by atomic mass is 10.4. The highest BCUT2D eigenvalue weighted by Gasteiger charge is 2.20. The molecule has 21 heavy (non-hydrogen) atoms. The van der Waals surface area contributed by atoms with Gasteiger partial charge in [0, 0.05) is 36.8 Å². The monoisotopic (exact) mass is 333 g/mol. The molecule has 0 amide bonds. The van der Waals surface area contributed by atoms with E-state index in [0.717, 1.165) is 30.3 Å². The lowest BCUT2D eigenvalue weighted by Gasteiger charge is -2.12. The number of rotatable bonds is 10. The highest BCUT2D eigenvalue weighted by Crippen LogP contribution is 2.15. The molecule has 0 saturated heterocycles. The molecule has 0 radical (unpaired) electrons. The fourth-order valence-electron chi connectivity index (χ4n) is 2.03. The number of nitrogens with one attached hydrogen (secondary N) is 2. The van der Waals surface area contributed by atoms with Crippen LogP contribution < -0.4 is 10.0 Å². The van der Waals surface area contributed by atoms with Crippen molar-refractivity contribution in [3.63, 3.8) is 0 Å². The van der Waals surface area contributed by atoms with Crippen molar-refractivity contribution < 1.29 is 8.42 Å². The van der Waals surface area contributed by atoms with E-state index in [1.165, 1.54) is 0 Å². The minimum absolute atomic E-state index is 0.0675. The van der Waals surface area contributed by atoms with Crippen LogP contribution in [0.15, 0.2) is 17.2 Å². The number of nitrogens with zero attached hydrogens (tertiary/aromatic N) is 1. The van der Waals surface area contributed by atoms with Crippen LogP contribution in [0.3, 0.4) is 0 Å². The minimum Gasteiger partial charge on any atom is -0.349 e. The first-order valence-corrected chi connectivity index (χ1v) is 10.1. The van der Waals surface area contributed by atoms with Crippen molar-refractivity contribution in [3.05, 3.63) is 18.0 Å². The first-order valence-electron chi connectivity index (χ1n) is 7.44. The third kappa shape index (κ3) is 5.65. The van der Waals surface area contributed by atoms with Gasteiger partial charge in [0.25, 0.3) is 0 Å². The summed E-state index contributed by atoms with van der Waals surface area (Å²) in [6.07, 6.45) is 1.72. The van der Waals surface area contributed by atoms with Gasteiger partial charge in [-0.05, 0) is 32.2 Å². The molecule has 1 heterocycles. The van der Waals surface area contributed by atoms with Gasteiger partial charge >= 0.3 is 0 Å². The van der Waals surface area contributed by atoms with Gasteiger partial charge in [-0.3, -0.25) is 0 Å². The predicted molar refractivity (Wildman–Crippen MR) is 90.3 cm³/mol. The molecule has 122 valence electrons. The molecule has 0 aromatic carbocycles. The van der Waals surface area contributed by atoms with Crippen LogP contribution in [0.2, 0.25) is 0 Å². The Balaban J connectivity index is 2.85. The van der Waals surface area contributed by atoms with E-state index in [-0.39, 0.29) is 6.04 Å². The molecule has 0 spiro atoms. The fraction of sp³-hybridized carbons (Fsp3) is 0.714. The predicted octanol–water partition coefficient (Wildman–Crippen LogP) is 2.04. The Bertz CT molecular complexity index is 526. The van der Waals surface area contributed by atoms with Crippen LogP contribution >= 0.6 is 11.8 Å². The summed E-state index contributed by atoms with van der Waals surface area (Å²) in [6, 6.07) is 1.69. The van der Waals surface area contributed by atoms with Gasteiger partial charge in [-0.15, -0.1) is 0 Å². The van der Waals surface area contributed by atoms with E-state index >= 15 is 0 Å². The van der Waals surface area contributed by atoms with Crippen molar-refractivity contribution in [2.45, 2.75) is 51.7 Å². The number of hydrogen-bond acceptors (Lipinski definition) is 4. The Morgan fingerprint density at radius 3 is 2.62 bits per heavy atom. The van der Waals surface area contributed by atoms with Crippen LogP contribution in [0, 0.1) is 0 Å². The largest absolute Gasteiger partial charge is 0.349 e. The molecule has 2 N–H and O–H groups in total. The van der Waals surface area contributed by atoms with Gasteiger partial charge in [-0.1, -0.05) is 13.8 Å². The van der Waals surface area contributed by atoms with Crippen LogP contribution in [0.25, 0.3) is 0 Å². The van der Waals surface area contributed by atoms with E-state index in [0.29, 0.717) is 11.4 Å². The number of thioether (sulfide) groups is 1. The quantitative estimate of drug-likeness (QED) is 0.688. The van der Waals surface area contributed by atoms with Gasteiger partial charge in [-0.25, -0.2) is 13.1 Å². The smallest absolute Gasteiger partial charge is 0.242 e. The topological polar surface area (TPSA) is 63.1 Å². The van der Waals surface area contributed by atoms with Crippen molar-refractivity contribution in [1.29, 1.82) is 0 Å². The van der Waals surface area contributed by atoms with Crippen molar-refractivity contribution in [2.75, 3.05) is 18.1 Å². The summed E-state index contributed by atoms with van der Waals surface area (Å²) < 4.78 is 29.5. The van der Waals surface area contributed by atoms with Crippen LogP contribution in [0.5, 0.6) is 0 Å². The van der Waals surface area contributed by atoms with Crippen molar-refractivity contribution in [3.8, 4) is 0 Å². The zero-order valence-electron chi connectivity index (χ0n) is 13.3. The SMILES string of the molecule is CCNCc1cc(S(=O)(=O)NC(C)CSCC)cn1CC. The standard InChI is InChI=1S/C14H27N3O2S2/c1-5-15-9-13-8-14(10-17(13)6-2)21(18,19)16-12(4)11-20-7-3/h8,10,12,15-16H,5-7,9,11H2,1-4H3.